The summed E-state index contributed by atoms with van der Waals surface area (Å²) in [5, 5.41) is 0. The van der Waals surface area contributed by atoms with E-state index in [4.69, 9.17) is 0 Å². The molecule has 0 saturated carbocycles. The summed E-state index contributed by atoms with van der Waals surface area (Å²) in [5.41, 5.74) is 0. The van der Waals surface area contributed by atoms with E-state index in [2.05, 4.69) is 0 Å². The molecule has 32 valence electrons. The molecule has 0 aromatic carbocycles. The molecule has 0 unspecified atom stereocenters. The molecule has 0 nitrogen and oxygen atoms in total. The van der Waals surface area contributed by atoms with Gasteiger partial charge in [0.1, 0.15) is 0 Å². The second-order valence-corrected chi connectivity index (χ2v) is 0. The molecular formula is H7Br3Si. The van der Waals surface area contributed by atoms with E-state index >= 15 is 0 Å². The van der Waals surface area contributed by atoms with Gasteiger partial charge in [-0.1, -0.05) is 0 Å². The summed E-state index contributed by atoms with van der Waals surface area (Å²) in [6.07, 6.45) is 0. The van der Waals surface area contributed by atoms with E-state index in [0.29, 0.717) is 0 Å². The highest BCUT2D eigenvalue weighted by atomic mass is 79.9. The summed E-state index contributed by atoms with van der Waals surface area (Å²) < 4.78 is 0. The standard InChI is InChI=1S/3BrH.H4Si/h3*1H;1H4. The van der Waals surface area contributed by atoms with Crippen LogP contribution < -0.4 is 17.0 Å². The van der Waals surface area contributed by atoms with Gasteiger partial charge in [-0.2, -0.15) is 0 Å². The van der Waals surface area contributed by atoms with Crippen LogP contribution in [-0.2, 0) is 0 Å². The zero-order valence-electron chi connectivity index (χ0n) is 2.19. The molecule has 0 N–H and O–H groups in total. The van der Waals surface area contributed by atoms with Gasteiger partial charge in [0, 0.05) is 0 Å². The molecule has 4 heavy (non-hydrogen) atoms. The van der Waals surface area contributed by atoms with E-state index in [1.54, 1.807) is 0 Å². The Labute approximate surface area is 63.2 Å². The Kier molecular flexibility index (Phi) is 253. The molecule has 0 aliphatic carbocycles. The van der Waals surface area contributed by atoms with Crippen molar-refractivity contribution < 1.29 is 18.4 Å². The largest absolute Gasteiger partial charge is 1.00 e. The van der Waals surface area contributed by atoms with Crippen LogP contribution in [0, 0.1) is 0 Å². The van der Waals surface area contributed by atoms with Gasteiger partial charge in [-0.15, -0.1) is 34.0 Å². The summed E-state index contributed by atoms with van der Waals surface area (Å²) in [4.78, 5) is 0. The summed E-state index contributed by atoms with van der Waals surface area (Å²) in [6, 6.07) is 0. The lowest BCUT2D eigenvalue weighted by Crippen LogP contribution is -3.00. The molecule has 0 spiro atoms. The minimum absolute atomic E-state index is 0. The zero-order chi connectivity index (χ0) is 0. The fourth-order valence-corrected chi connectivity index (χ4v) is 0. The minimum atomic E-state index is 0. The molecule has 0 heterocycles. The van der Waals surface area contributed by atoms with Gasteiger partial charge in [-0.3, -0.25) is 0 Å². The minimum Gasteiger partial charge on any atom is -1.00 e. The third kappa shape index (κ3) is 9.40. The fourth-order valence-electron chi connectivity index (χ4n) is 0. The predicted molar refractivity (Wildman–Crippen MR) is 33.1 cm³/mol. The highest BCUT2D eigenvalue weighted by molar-refractivity contribution is 8.93. The fraction of sp³-hybridized carbons (Fsp3) is 0. The Hall–Kier alpha value is 1.66. The summed E-state index contributed by atoms with van der Waals surface area (Å²) in [6.45, 7) is 0. The van der Waals surface area contributed by atoms with Crippen molar-refractivity contribution in [2.24, 2.45) is 0 Å². The maximum Gasteiger partial charge on any atom is 1.00 e. The van der Waals surface area contributed by atoms with Crippen molar-refractivity contribution in [1.29, 1.82) is 0 Å². The summed E-state index contributed by atoms with van der Waals surface area (Å²) in [5.74, 6) is 0. The SMILES string of the molecule is Br.Br.[Br-].[H+].[SiH4]. The lowest BCUT2D eigenvalue weighted by molar-refractivity contribution is -0.000000398. The first-order valence-corrected chi connectivity index (χ1v) is 0. The van der Waals surface area contributed by atoms with Gasteiger partial charge >= 0.3 is 1.43 Å². The number of rotatable bonds is 0. The van der Waals surface area contributed by atoms with E-state index in [-0.39, 0.29) is 63.3 Å². The second kappa shape index (κ2) is 22.7. The first-order valence-electron chi connectivity index (χ1n) is 0. The molecule has 0 radical (unpaired) electrons. The van der Waals surface area contributed by atoms with E-state index in [1.807, 2.05) is 0 Å². The quantitative estimate of drug-likeness (QED) is 0.409. The van der Waals surface area contributed by atoms with Crippen molar-refractivity contribution in [2.75, 3.05) is 0 Å². The third-order valence-electron chi connectivity index (χ3n) is 0. The molecule has 0 rings (SSSR count). The zero-order valence-corrected chi connectivity index (χ0v) is 6.21. The molecule has 0 fully saturated rings. The first-order chi connectivity index (χ1) is 0. The van der Waals surface area contributed by atoms with Crippen LogP contribution in [0.3, 0.4) is 0 Å². The van der Waals surface area contributed by atoms with Crippen molar-refractivity contribution in [2.45, 2.75) is 0 Å². The molecular weight excluding hydrogens is 268 g/mol. The van der Waals surface area contributed by atoms with Gasteiger partial charge in [0.2, 0.25) is 0 Å². The Morgan fingerprint density at radius 3 is 1.00 bits per heavy atom. The molecule has 0 bridgehead atoms. The van der Waals surface area contributed by atoms with Crippen LogP contribution in [0.1, 0.15) is 1.43 Å². The smallest absolute Gasteiger partial charge is 1.00 e. The van der Waals surface area contributed by atoms with Gasteiger partial charge in [-0.05, 0) is 11.0 Å². The highest BCUT2D eigenvalue weighted by Crippen LogP contribution is 0.847. The van der Waals surface area contributed by atoms with Crippen molar-refractivity contribution in [3.63, 3.8) is 0 Å². The molecule has 4 heteroatoms. The van der Waals surface area contributed by atoms with E-state index < -0.39 is 0 Å². The van der Waals surface area contributed by atoms with Gasteiger partial charge in [-0.25, -0.2) is 0 Å². The Bertz CT molecular complexity index is 6.85. The lowest BCUT2D eigenvalue weighted by atomic mass is 28.1. The molecule has 0 atom stereocenters. The molecule has 0 saturated heterocycles. The highest BCUT2D eigenvalue weighted by Gasteiger charge is -0.0148. The van der Waals surface area contributed by atoms with Gasteiger partial charge in [0.15, 0.2) is 0 Å². The Balaban J connectivity index is 0. The van der Waals surface area contributed by atoms with Crippen LogP contribution in [0.15, 0.2) is 0 Å². The van der Waals surface area contributed by atoms with Crippen molar-refractivity contribution in [3.05, 3.63) is 0 Å². The average Bonchev–Trinajstić information content (AvgIpc) is 0. The normalized spacial score (nSPS) is 0. The van der Waals surface area contributed by atoms with Gasteiger partial charge < -0.3 is 17.0 Å². The van der Waals surface area contributed by atoms with Crippen LogP contribution in [0.25, 0.3) is 0 Å². The average molecular weight is 275 g/mol. The maximum absolute atomic E-state index is 0. The molecule has 0 amide bonds. The number of hydrogen-bond donors (Lipinski definition) is 0. The predicted octanol–water partition coefficient (Wildman–Crippen LogP) is -3.18. The van der Waals surface area contributed by atoms with Crippen molar-refractivity contribution >= 4 is 44.9 Å². The summed E-state index contributed by atoms with van der Waals surface area (Å²) >= 11 is 0. The Morgan fingerprint density at radius 1 is 1.00 bits per heavy atom. The maximum atomic E-state index is 0. The first kappa shape index (κ1) is 44.7. The third-order valence-corrected chi connectivity index (χ3v) is 0. The Morgan fingerprint density at radius 2 is 1.00 bits per heavy atom. The summed E-state index contributed by atoms with van der Waals surface area (Å²) in [7, 11) is 0. The van der Waals surface area contributed by atoms with Crippen LogP contribution in [0.4, 0.5) is 0 Å². The molecule has 0 aliphatic rings. The van der Waals surface area contributed by atoms with Gasteiger partial charge in [0.05, 0.1) is 0 Å². The molecule has 0 aliphatic heterocycles. The second-order valence-electron chi connectivity index (χ2n) is 0. The molecule has 0 aromatic rings. The van der Waals surface area contributed by atoms with E-state index in [9.17, 15) is 0 Å². The van der Waals surface area contributed by atoms with E-state index in [0.717, 1.165) is 0 Å². The monoisotopic (exact) mass is 272 g/mol. The van der Waals surface area contributed by atoms with Crippen molar-refractivity contribution in [1.82, 2.24) is 0 Å². The van der Waals surface area contributed by atoms with Crippen molar-refractivity contribution in [3.8, 4) is 0 Å². The lowest BCUT2D eigenvalue weighted by Gasteiger charge is -1.00. The number of halogens is 3. The van der Waals surface area contributed by atoms with E-state index in [1.165, 1.54) is 0 Å². The number of hydrogen-bond acceptors (Lipinski definition) is 0. The van der Waals surface area contributed by atoms with Crippen LogP contribution >= 0.6 is 34.0 Å². The topological polar surface area (TPSA) is 0 Å². The van der Waals surface area contributed by atoms with Gasteiger partial charge in [0.25, 0.3) is 0 Å². The molecule has 0 aromatic heterocycles. The van der Waals surface area contributed by atoms with Crippen LogP contribution in [-0.4, -0.2) is 11.0 Å². The van der Waals surface area contributed by atoms with Crippen LogP contribution in [0.5, 0.6) is 0 Å². The van der Waals surface area contributed by atoms with Crippen LogP contribution in [0.2, 0.25) is 0 Å².